The van der Waals surface area contributed by atoms with Gasteiger partial charge in [-0.05, 0) is 37.1 Å². The third-order valence-electron chi connectivity index (χ3n) is 4.58. The lowest BCUT2D eigenvalue weighted by Gasteiger charge is -2.22. The number of halogens is 1. The number of carbonyl (C=O) groups is 1. The van der Waals surface area contributed by atoms with Crippen LogP contribution in [0.3, 0.4) is 0 Å². The van der Waals surface area contributed by atoms with Crippen molar-refractivity contribution in [2.75, 3.05) is 7.05 Å². The molecule has 0 aliphatic heterocycles. The van der Waals surface area contributed by atoms with Crippen LogP contribution < -0.4 is 10.9 Å². The van der Waals surface area contributed by atoms with Crippen molar-refractivity contribution in [3.05, 3.63) is 76.0 Å². The van der Waals surface area contributed by atoms with E-state index in [1.165, 1.54) is 15.6 Å². The zero-order valence-corrected chi connectivity index (χ0v) is 16.1. The molecule has 3 aromatic rings. The highest BCUT2D eigenvalue weighted by Gasteiger charge is 2.15. The van der Waals surface area contributed by atoms with Gasteiger partial charge in [0, 0.05) is 25.0 Å². The molecule has 2 amide bonds. The maximum absolute atomic E-state index is 13.7. The third kappa shape index (κ3) is 4.36. The molecule has 0 fully saturated rings. The highest BCUT2D eigenvalue weighted by molar-refractivity contribution is 5.80. The Balaban J connectivity index is 1.63. The number of nitrogens with one attached hydrogen (secondary N) is 1. The van der Waals surface area contributed by atoms with Crippen molar-refractivity contribution >= 4 is 16.8 Å². The molecule has 0 saturated carbocycles. The molecular weight excluding hydrogens is 359 g/mol. The lowest BCUT2D eigenvalue weighted by Crippen LogP contribution is -2.44. The van der Waals surface area contributed by atoms with E-state index in [1.54, 1.807) is 45.3 Å². The number of hydrogen-bond acceptors (Lipinski definition) is 3. The molecule has 6 nitrogen and oxygen atoms in total. The van der Waals surface area contributed by atoms with Gasteiger partial charge in [0.2, 0.25) is 0 Å². The first-order valence-electron chi connectivity index (χ1n) is 9.06. The molecule has 1 unspecified atom stereocenters. The van der Waals surface area contributed by atoms with Crippen molar-refractivity contribution in [2.45, 2.75) is 33.0 Å². The third-order valence-corrected chi connectivity index (χ3v) is 4.58. The van der Waals surface area contributed by atoms with E-state index in [0.29, 0.717) is 16.5 Å². The molecule has 1 aromatic heterocycles. The summed E-state index contributed by atoms with van der Waals surface area (Å²) < 4.78 is 15.0. The number of nitrogens with zero attached hydrogens (tertiary/aromatic N) is 3. The number of fused-ring (bicyclic) bond motifs is 1. The molecule has 0 saturated heterocycles. The molecule has 0 aliphatic carbocycles. The summed E-state index contributed by atoms with van der Waals surface area (Å²) in [6, 6.07) is 11.6. The van der Waals surface area contributed by atoms with Gasteiger partial charge >= 0.3 is 6.03 Å². The molecule has 0 bridgehead atoms. The Hall–Kier alpha value is -3.22. The number of aryl methyl sites for hydroxylation is 1. The van der Waals surface area contributed by atoms with Crippen molar-refractivity contribution in [1.29, 1.82) is 0 Å². The number of hydrogen-bond donors (Lipinski definition) is 1. The summed E-state index contributed by atoms with van der Waals surface area (Å²) in [7, 11) is 1.64. The molecule has 0 radical (unpaired) electrons. The lowest BCUT2D eigenvalue weighted by atomic mass is 10.1. The van der Waals surface area contributed by atoms with Crippen LogP contribution in [0.1, 0.15) is 18.1 Å². The Morgan fingerprint density at radius 2 is 2.04 bits per heavy atom. The van der Waals surface area contributed by atoms with Crippen LogP contribution >= 0.6 is 0 Å². The van der Waals surface area contributed by atoms with Gasteiger partial charge in [-0.15, -0.1) is 0 Å². The first kappa shape index (κ1) is 19.5. The number of aromatic nitrogens is 2. The van der Waals surface area contributed by atoms with Crippen LogP contribution in [0.2, 0.25) is 0 Å². The Bertz CT molecular complexity index is 1060. The molecule has 1 heterocycles. The molecule has 146 valence electrons. The predicted octanol–water partition coefficient (Wildman–Crippen LogP) is 3.07. The number of rotatable bonds is 5. The van der Waals surface area contributed by atoms with Crippen molar-refractivity contribution in [3.63, 3.8) is 0 Å². The minimum Gasteiger partial charge on any atom is -0.334 e. The fraction of sp³-hybridized carbons (Fsp3) is 0.286. The van der Waals surface area contributed by atoms with E-state index in [2.05, 4.69) is 10.4 Å². The largest absolute Gasteiger partial charge is 0.334 e. The van der Waals surface area contributed by atoms with Gasteiger partial charge < -0.3 is 10.2 Å². The molecule has 0 spiro atoms. The molecule has 3 rings (SSSR count). The van der Waals surface area contributed by atoms with Crippen LogP contribution in [-0.4, -0.2) is 33.8 Å². The summed E-state index contributed by atoms with van der Waals surface area (Å²) in [4.78, 5) is 26.4. The molecule has 1 N–H and O–H groups in total. The number of urea groups is 1. The minimum atomic E-state index is -0.309. The van der Waals surface area contributed by atoms with Gasteiger partial charge in [-0.2, -0.15) is 5.10 Å². The zero-order valence-electron chi connectivity index (χ0n) is 16.1. The molecule has 1 atom stereocenters. The highest BCUT2D eigenvalue weighted by atomic mass is 19.1. The second kappa shape index (κ2) is 8.21. The van der Waals surface area contributed by atoms with Gasteiger partial charge in [0.25, 0.3) is 5.56 Å². The molecule has 0 aliphatic rings. The minimum absolute atomic E-state index is 0.192. The smallest absolute Gasteiger partial charge is 0.317 e. The first-order chi connectivity index (χ1) is 13.3. The molecule has 2 aromatic carbocycles. The standard InChI is InChI=1S/C21H23FN4O2/c1-14-8-9-16(10-19(14)22)13-25(3)21(28)24-15(2)12-26-20(27)18-7-5-4-6-17(18)11-23-26/h4-11,15H,12-13H2,1-3H3,(H,24,28). The second-order valence-electron chi connectivity index (χ2n) is 7.01. The van der Waals surface area contributed by atoms with E-state index in [0.717, 1.165) is 5.39 Å². The van der Waals surface area contributed by atoms with Crippen LogP contribution in [0.15, 0.2) is 53.5 Å². The van der Waals surface area contributed by atoms with Gasteiger partial charge in [0.05, 0.1) is 18.1 Å². The summed E-state index contributed by atoms with van der Waals surface area (Å²) in [5, 5.41) is 8.40. The Kier molecular flexibility index (Phi) is 5.73. The maximum atomic E-state index is 13.7. The van der Waals surface area contributed by atoms with Crippen LogP contribution in [0.25, 0.3) is 10.8 Å². The Morgan fingerprint density at radius 1 is 1.29 bits per heavy atom. The van der Waals surface area contributed by atoms with Crippen molar-refractivity contribution in [1.82, 2.24) is 20.0 Å². The average Bonchev–Trinajstić information content (AvgIpc) is 2.67. The normalized spacial score (nSPS) is 12.0. The quantitative estimate of drug-likeness (QED) is 0.737. The van der Waals surface area contributed by atoms with Crippen LogP contribution in [-0.2, 0) is 13.1 Å². The summed E-state index contributed by atoms with van der Waals surface area (Å²) >= 11 is 0. The summed E-state index contributed by atoms with van der Waals surface area (Å²) in [5.41, 5.74) is 1.08. The van der Waals surface area contributed by atoms with Gasteiger partial charge in [0.1, 0.15) is 5.82 Å². The van der Waals surface area contributed by atoms with E-state index in [-0.39, 0.29) is 36.5 Å². The van der Waals surface area contributed by atoms with Gasteiger partial charge in [0.15, 0.2) is 0 Å². The maximum Gasteiger partial charge on any atom is 0.317 e. The van der Waals surface area contributed by atoms with Gasteiger partial charge in [-0.25, -0.2) is 13.9 Å². The SMILES string of the molecule is Cc1ccc(CN(C)C(=O)NC(C)Cn2ncc3ccccc3c2=O)cc1F. The highest BCUT2D eigenvalue weighted by Crippen LogP contribution is 2.11. The van der Waals surface area contributed by atoms with Gasteiger partial charge in [-0.3, -0.25) is 4.79 Å². The topological polar surface area (TPSA) is 67.2 Å². The first-order valence-corrected chi connectivity index (χ1v) is 9.06. The fourth-order valence-electron chi connectivity index (χ4n) is 2.96. The molecule has 28 heavy (non-hydrogen) atoms. The van der Waals surface area contributed by atoms with Crippen molar-refractivity contribution in [3.8, 4) is 0 Å². The lowest BCUT2D eigenvalue weighted by molar-refractivity contribution is 0.201. The number of carbonyl (C=O) groups excluding carboxylic acids is 1. The van der Waals surface area contributed by atoms with E-state index in [1.807, 2.05) is 18.2 Å². The monoisotopic (exact) mass is 382 g/mol. The van der Waals surface area contributed by atoms with Crippen molar-refractivity contribution in [2.24, 2.45) is 0 Å². The van der Waals surface area contributed by atoms with E-state index in [9.17, 15) is 14.0 Å². The molecular formula is C21H23FN4O2. The van der Waals surface area contributed by atoms with E-state index in [4.69, 9.17) is 0 Å². The van der Waals surface area contributed by atoms with Crippen LogP contribution in [0, 0.1) is 12.7 Å². The second-order valence-corrected chi connectivity index (χ2v) is 7.01. The molecule has 7 heteroatoms. The summed E-state index contributed by atoms with van der Waals surface area (Å²) in [6.07, 6.45) is 1.64. The van der Waals surface area contributed by atoms with Crippen LogP contribution in [0.4, 0.5) is 9.18 Å². The Morgan fingerprint density at radius 3 is 2.79 bits per heavy atom. The van der Waals surface area contributed by atoms with Crippen molar-refractivity contribution < 1.29 is 9.18 Å². The number of benzene rings is 2. The predicted molar refractivity (Wildman–Crippen MR) is 107 cm³/mol. The van der Waals surface area contributed by atoms with Crippen LogP contribution in [0.5, 0.6) is 0 Å². The Labute approximate surface area is 162 Å². The average molecular weight is 382 g/mol. The fourth-order valence-corrected chi connectivity index (χ4v) is 2.96. The van der Waals surface area contributed by atoms with E-state index < -0.39 is 0 Å². The zero-order chi connectivity index (χ0) is 20.3. The summed E-state index contributed by atoms with van der Waals surface area (Å²) in [5.74, 6) is -0.290. The number of amides is 2. The van der Waals surface area contributed by atoms with Gasteiger partial charge in [-0.1, -0.05) is 30.3 Å². The van der Waals surface area contributed by atoms with E-state index >= 15 is 0 Å². The summed E-state index contributed by atoms with van der Waals surface area (Å²) in [6.45, 7) is 4.03.